The molecule has 1 N–H and O–H groups in total. The Bertz CT molecular complexity index is 1950. The molecule has 252 valence electrons. The van der Waals surface area contributed by atoms with Gasteiger partial charge in [-0.3, -0.25) is 9.78 Å². The van der Waals surface area contributed by atoms with E-state index in [1.807, 2.05) is 20.8 Å². The summed E-state index contributed by atoms with van der Waals surface area (Å²) in [4.78, 5) is 43.7. The average molecular weight is 665 g/mol. The van der Waals surface area contributed by atoms with Crippen LogP contribution in [0.4, 0.5) is 19.0 Å². The molecule has 2 bridgehead atoms. The van der Waals surface area contributed by atoms with E-state index in [1.54, 1.807) is 9.80 Å². The molecule has 3 aromatic heterocycles. The predicted molar refractivity (Wildman–Crippen MR) is 172 cm³/mol. The van der Waals surface area contributed by atoms with Gasteiger partial charge in [0.15, 0.2) is 11.5 Å². The first-order chi connectivity index (χ1) is 23.0. The van der Waals surface area contributed by atoms with E-state index in [2.05, 4.69) is 21.5 Å². The van der Waals surface area contributed by atoms with E-state index in [9.17, 15) is 19.1 Å². The van der Waals surface area contributed by atoms with E-state index in [0.717, 1.165) is 16.7 Å². The van der Waals surface area contributed by atoms with Crippen LogP contribution in [0.2, 0.25) is 0 Å². The molecule has 2 aliphatic rings. The molecular formula is C34H35F3N6O5. The Hall–Kier alpha value is -4.82. The van der Waals surface area contributed by atoms with Crippen molar-refractivity contribution in [1.29, 1.82) is 0 Å². The number of aliphatic hydroxyl groups is 1. The highest BCUT2D eigenvalue weighted by molar-refractivity contribution is 5.91. The summed E-state index contributed by atoms with van der Waals surface area (Å²) >= 11 is 0. The molecule has 0 radical (unpaired) electrons. The first-order valence-corrected chi connectivity index (χ1v) is 15.6. The van der Waals surface area contributed by atoms with Crippen LogP contribution in [-0.4, -0.2) is 87.1 Å². The van der Waals surface area contributed by atoms with E-state index < -0.39 is 41.9 Å². The number of aliphatic hydroxyl groups excluding tert-OH is 1. The Morgan fingerprint density at radius 1 is 1.21 bits per heavy atom. The molecule has 0 saturated carbocycles. The lowest BCUT2D eigenvalue weighted by atomic mass is 9.97. The maximum Gasteiger partial charge on any atom is 0.355 e. The van der Waals surface area contributed by atoms with Crippen molar-refractivity contribution in [3.05, 3.63) is 82.6 Å². The van der Waals surface area contributed by atoms with Crippen LogP contribution < -0.4 is 15.3 Å². The van der Waals surface area contributed by atoms with Gasteiger partial charge in [-0.15, -0.1) is 0 Å². The van der Waals surface area contributed by atoms with Crippen LogP contribution in [0.15, 0.2) is 54.0 Å². The summed E-state index contributed by atoms with van der Waals surface area (Å²) in [7, 11) is 0. The average Bonchev–Trinajstić information content (AvgIpc) is 3.07. The van der Waals surface area contributed by atoms with Gasteiger partial charge in [0.05, 0.1) is 28.9 Å². The molecule has 11 nitrogen and oxygen atoms in total. The molecule has 0 spiro atoms. The third kappa shape index (κ3) is 5.79. The van der Waals surface area contributed by atoms with Crippen LogP contribution in [0.25, 0.3) is 28.0 Å². The third-order valence-electron chi connectivity index (χ3n) is 8.64. The highest BCUT2D eigenvalue weighted by Crippen LogP contribution is 2.39. The largest absolute Gasteiger partial charge is 0.490 e. The summed E-state index contributed by atoms with van der Waals surface area (Å²) in [6, 6.07) is 6.23. The SMILES string of the molecule is C=CC(=O)N1CCN(c2nc(=O)n3c4nc(c(F)cc24)-c2c(F)cccc2OCC(OCCF)C(O)c2ccnc(C(C)C)c2-3)[C@@H](C)C1. The number of nitrogens with zero attached hydrogens (tertiary/aromatic N) is 6. The lowest BCUT2D eigenvalue weighted by molar-refractivity contribution is -0.126. The van der Waals surface area contributed by atoms with Gasteiger partial charge in [0.25, 0.3) is 0 Å². The van der Waals surface area contributed by atoms with Crippen molar-refractivity contribution in [2.24, 2.45) is 0 Å². The van der Waals surface area contributed by atoms with Gasteiger partial charge in [-0.2, -0.15) is 4.98 Å². The van der Waals surface area contributed by atoms with Crippen molar-refractivity contribution in [3.8, 4) is 22.7 Å². The highest BCUT2D eigenvalue weighted by atomic mass is 19.1. The fourth-order valence-corrected chi connectivity index (χ4v) is 6.35. The number of halogens is 3. The number of carbonyl (C=O) groups excluding carboxylic acids is 1. The molecule has 1 aromatic carbocycles. The Kier molecular flexibility index (Phi) is 9.21. The second kappa shape index (κ2) is 13.4. The Balaban J connectivity index is 1.70. The van der Waals surface area contributed by atoms with Gasteiger partial charge in [0.2, 0.25) is 5.91 Å². The number of aromatic nitrogens is 4. The summed E-state index contributed by atoms with van der Waals surface area (Å²) in [6.45, 7) is 8.33. The van der Waals surface area contributed by atoms with E-state index in [-0.39, 0.29) is 83.6 Å². The predicted octanol–water partition coefficient (Wildman–Crippen LogP) is 4.25. The second-order valence-electron chi connectivity index (χ2n) is 12.0. The minimum Gasteiger partial charge on any atom is -0.490 e. The molecule has 14 heteroatoms. The third-order valence-corrected chi connectivity index (χ3v) is 8.64. The number of benzene rings is 1. The number of alkyl halides is 1. The van der Waals surface area contributed by atoms with Gasteiger partial charge in [-0.1, -0.05) is 26.5 Å². The Labute approximate surface area is 274 Å². The first kappa shape index (κ1) is 33.1. The van der Waals surface area contributed by atoms with Crippen molar-refractivity contribution in [2.45, 2.75) is 44.9 Å². The number of amides is 1. The van der Waals surface area contributed by atoms with Crippen molar-refractivity contribution >= 4 is 22.8 Å². The van der Waals surface area contributed by atoms with Crippen molar-refractivity contribution in [3.63, 3.8) is 0 Å². The summed E-state index contributed by atoms with van der Waals surface area (Å²) < 4.78 is 58.0. The quantitative estimate of drug-likeness (QED) is 0.302. The molecule has 2 unspecified atom stereocenters. The summed E-state index contributed by atoms with van der Waals surface area (Å²) in [5.74, 6) is -2.26. The first-order valence-electron chi connectivity index (χ1n) is 15.6. The number of hydrogen-bond donors (Lipinski definition) is 1. The van der Waals surface area contributed by atoms with Gasteiger partial charge in [-0.05, 0) is 43.2 Å². The molecule has 48 heavy (non-hydrogen) atoms. The molecule has 2 aliphatic heterocycles. The minimum absolute atomic E-state index is 0.0717. The fraction of sp³-hybridized carbons (Fsp3) is 0.382. The summed E-state index contributed by atoms with van der Waals surface area (Å²) in [5, 5.41) is 11.9. The van der Waals surface area contributed by atoms with Crippen LogP contribution in [0.5, 0.6) is 5.75 Å². The number of ether oxygens (including phenoxy) is 2. The van der Waals surface area contributed by atoms with Crippen molar-refractivity contribution < 1.29 is 32.5 Å². The van der Waals surface area contributed by atoms with Crippen LogP contribution in [0.3, 0.4) is 0 Å². The summed E-state index contributed by atoms with van der Waals surface area (Å²) in [6.07, 6.45) is 0.0238. The van der Waals surface area contributed by atoms with E-state index in [1.165, 1.54) is 30.5 Å². The van der Waals surface area contributed by atoms with Gasteiger partial charge in [0.1, 0.15) is 48.6 Å². The Morgan fingerprint density at radius 2 is 2.00 bits per heavy atom. The number of piperazine rings is 1. The second-order valence-corrected chi connectivity index (χ2v) is 12.0. The number of rotatable bonds is 6. The zero-order valence-electron chi connectivity index (χ0n) is 26.7. The van der Waals surface area contributed by atoms with E-state index >= 15 is 8.78 Å². The molecule has 1 saturated heterocycles. The van der Waals surface area contributed by atoms with E-state index in [4.69, 9.17) is 9.47 Å². The number of pyridine rings is 2. The monoisotopic (exact) mass is 664 g/mol. The molecular weight excluding hydrogens is 629 g/mol. The van der Waals surface area contributed by atoms with Gasteiger partial charge >= 0.3 is 5.69 Å². The fourth-order valence-electron chi connectivity index (χ4n) is 6.35. The van der Waals surface area contributed by atoms with Gasteiger partial charge in [-0.25, -0.2) is 27.5 Å². The van der Waals surface area contributed by atoms with Crippen LogP contribution in [-0.2, 0) is 9.53 Å². The summed E-state index contributed by atoms with van der Waals surface area (Å²) in [5.41, 5.74) is -0.906. The number of hydrogen-bond acceptors (Lipinski definition) is 9. The van der Waals surface area contributed by atoms with Gasteiger partial charge < -0.3 is 24.4 Å². The minimum atomic E-state index is -1.49. The van der Waals surface area contributed by atoms with Crippen LogP contribution in [0, 0.1) is 11.6 Å². The lowest BCUT2D eigenvalue weighted by Crippen LogP contribution is -2.54. The Morgan fingerprint density at radius 3 is 2.71 bits per heavy atom. The molecule has 6 rings (SSSR count). The maximum atomic E-state index is 16.3. The smallest absolute Gasteiger partial charge is 0.355 e. The van der Waals surface area contributed by atoms with Crippen molar-refractivity contribution in [2.75, 3.05) is 44.4 Å². The zero-order chi connectivity index (χ0) is 34.3. The van der Waals surface area contributed by atoms with Crippen LogP contribution in [0.1, 0.15) is 44.1 Å². The molecule has 5 heterocycles. The zero-order valence-corrected chi connectivity index (χ0v) is 26.7. The lowest BCUT2D eigenvalue weighted by Gasteiger charge is -2.40. The molecule has 4 aromatic rings. The highest BCUT2D eigenvalue weighted by Gasteiger charge is 2.34. The molecule has 1 fully saturated rings. The molecule has 0 aliphatic carbocycles. The molecule has 3 atom stereocenters. The standard InChI is InChI=1S/C34H35F3N6O5/c1-5-26(44)41-12-13-42(19(4)16-41)32-21-15-23(37)29-27-22(36)7-6-8-24(27)48-17-25(47-14-10-35)31(45)20-9-11-38-28(18(2)3)30(20)43(33(21)39-29)34(46)40-32/h5-9,11,15,18-19,25,31,45H,1,10,12-14,16-17H2,2-4H3/t19-,25?,31?/m0/s1. The number of anilines is 1. The number of carbonyl (C=O) groups is 1. The maximum absolute atomic E-state index is 16.3. The topological polar surface area (TPSA) is 123 Å². The van der Waals surface area contributed by atoms with Gasteiger partial charge in [0, 0.05) is 37.4 Å². The number of fused-ring (bicyclic) bond motifs is 5. The normalized spacial score (nSPS) is 19.4. The molecule has 1 amide bonds. The van der Waals surface area contributed by atoms with Crippen molar-refractivity contribution in [1.82, 2.24) is 24.4 Å². The van der Waals surface area contributed by atoms with E-state index in [0.29, 0.717) is 12.2 Å². The van der Waals surface area contributed by atoms with Crippen LogP contribution >= 0.6 is 0 Å².